The molecule has 3 aromatic rings. The summed E-state index contributed by atoms with van der Waals surface area (Å²) in [6, 6.07) is 13.9. The van der Waals surface area contributed by atoms with Crippen molar-refractivity contribution in [2.24, 2.45) is 0 Å². The number of nitrogens with one attached hydrogen (secondary N) is 1. The SMILES string of the molecule is CCOc1ccc(-c2nn(-c3ccccc3)cc2C2C(C(=O)OC)=C(C)NC(C)=C2C(=O)OC)cc1F. The summed E-state index contributed by atoms with van der Waals surface area (Å²) in [5.74, 6) is -2.54. The number of carbonyl (C=O) groups excluding carboxylic acids is 2. The molecule has 1 aliphatic rings. The molecule has 0 spiro atoms. The van der Waals surface area contributed by atoms with Gasteiger partial charge in [0.05, 0.1) is 49.3 Å². The van der Waals surface area contributed by atoms with Gasteiger partial charge in [0.15, 0.2) is 11.6 Å². The van der Waals surface area contributed by atoms with Gasteiger partial charge in [-0.05, 0) is 51.1 Å². The standard InChI is InChI=1S/C28H28FN3O5/c1-6-37-22-13-12-18(14-21(22)29)26-20(15-32(31-26)19-10-8-7-9-11-19)25-23(27(33)35-4)16(2)30-17(3)24(25)28(34)36-5/h7-15,25,30H,6H2,1-5H3. The predicted octanol–water partition coefficient (Wildman–Crippen LogP) is 4.66. The van der Waals surface area contributed by atoms with E-state index in [4.69, 9.17) is 19.3 Å². The number of allylic oxidation sites excluding steroid dienone is 2. The lowest BCUT2D eigenvalue weighted by Crippen LogP contribution is -2.32. The fourth-order valence-corrected chi connectivity index (χ4v) is 4.52. The molecule has 0 saturated carbocycles. The Morgan fingerprint density at radius 3 is 2.16 bits per heavy atom. The number of carbonyl (C=O) groups is 2. The van der Waals surface area contributed by atoms with Gasteiger partial charge in [-0.3, -0.25) is 0 Å². The highest BCUT2D eigenvalue weighted by atomic mass is 19.1. The number of esters is 2. The molecule has 4 rings (SSSR count). The average Bonchev–Trinajstić information content (AvgIpc) is 3.34. The minimum atomic E-state index is -0.886. The average molecular weight is 506 g/mol. The third-order valence-corrected chi connectivity index (χ3v) is 6.15. The molecule has 0 amide bonds. The molecule has 1 aromatic heterocycles. The molecule has 0 radical (unpaired) electrons. The first kappa shape index (κ1) is 25.7. The van der Waals surface area contributed by atoms with Crippen LogP contribution in [-0.2, 0) is 19.1 Å². The second kappa shape index (κ2) is 10.7. The Kier molecular flexibility index (Phi) is 7.42. The van der Waals surface area contributed by atoms with E-state index < -0.39 is 23.7 Å². The number of ether oxygens (including phenoxy) is 3. The van der Waals surface area contributed by atoms with E-state index in [1.165, 1.54) is 26.4 Å². The van der Waals surface area contributed by atoms with Crippen molar-refractivity contribution in [1.29, 1.82) is 0 Å². The van der Waals surface area contributed by atoms with Crippen molar-refractivity contribution in [3.8, 4) is 22.7 Å². The highest BCUT2D eigenvalue weighted by molar-refractivity contribution is 6.00. The smallest absolute Gasteiger partial charge is 0.336 e. The van der Waals surface area contributed by atoms with Crippen molar-refractivity contribution < 1.29 is 28.2 Å². The van der Waals surface area contributed by atoms with Gasteiger partial charge in [0.1, 0.15) is 0 Å². The maximum atomic E-state index is 14.9. The third kappa shape index (κ3) is 4.84. The van der Waals surface area contributed by atoms with Crippen molar-refractivity contribution in [1.82, 2.24) is 15.1 Å². The van der Waals surface area contributed by atoms with E-state index in [1.807, 2.05) is 30.3 Å². The number of methoxy groups -OCH3 is 2. The molecule has 0 atom stereocenters. The molecule has 0 aliphatic carbocycles. The van der Waals surface area contributed by atoms with Crippen LogP contribution in [0, 0.1) is 5.82 Å². The molecule has 2 aromatic carbocycles. The zero-order chi connectivity index (χ0) is 26.7. The molecule has 1 aliphatic heterocycles. The fraction of sp³-hybridized carbons (Fsp3) is 0.250. The van der Waals surface area contributed by atoms with Gasteiger partial charge in [-0.15, -0.1) is 0 Å². The van der Waals surface area contributed by atoms with Gasteiger partial charge in [0.25, 0.3) is 0 Å². The molecular formula is C28H28FN3O5. The van der Waals surface area contributed by atoms with Crippen molar-refractivity contribution in [3.63, 3.8) is 0 Å². The van der Waals surface area contributed by atoms with Crippen LogP contribution in [0.5, 0.6) is 5.75 Å². The molecule has 0 saturated heterocycles. The van der Waals surface area contributed by atoms with Crippen LogP contribution >= 0.6 is 0 Å². The van der Waals surface area contributed by atoms with Gasteiger partial charge in [-0.2, -0.15) is 5.10 Å². The number of rotatable bonds is 7. The molecule has 0 bridgehead atoms. The maximum absolute atomic E-state index is 14.9. The Bertz CT molecular complexity index is 1370. The largest absolute Gasteiger partial charge is 0.491 e. The van der Waals surface area contributed by atoms with E-state index in [2.05, 4.69) is 5.32 Å². The second-order valence-electron chi connectivity index (χ2n) is 8.41. The quantitative estimate of drug-likeness (QED) is 0.467. The van der Waals surface area contributed by atoms with Crippen molar-refractivity contribution >= 4 is 11.9 Å². The van der Waals surface area contributed by atoms with E-state index >= 15 is 0 Å². The summed E-state index contributed by atoms with van der Waals surface area (Å²) in [7, 11) is 2.55. The molecule has 192 valence electrons. The van der Waals surface area contributed by atoms with Gasteiger partial charge in [-0.1, -0.05) is 18.2 Å². The molecule has 0 unspecified atom stereocenters. The minimum absolute atomic E-state index is 0.120. The van der Waals surface area contributed by atoms with Crippen LogP contribution in [0.25, 0.3) is 16.9 Å². The molecule has 37 heavy (non-hydrogen) atoms. The number of hydrogen-bond acceptors (Lipinski definition) is 7. The second-order valence-corrected chi connectivity index (χ2v) is 8.41. The van der Waals surface area contributed by atoms with Gasteiger partial charge in [0, 0.05) is 28.7 Å². The van der Waals surface area contributed by atoms with Crippen LogP contribution in [0.4, 0.5) is 4.39 Å². The molecule has 0 fully saturated rings. The highest BCUT2D eigenvalue weighted by Gasteiger charge is 2.40. The van der Waals surface area contributed by atoms with E-state index in [9.17, 15) is 14.0 Å². The van der Waals surface area contributed by atoms with E-state index in [-0.39, 0.29) is 16.9 Å². The fourth-order valence-electron chi connectivity index (χ4n) is 4.52. The number of para-hydroxylation sites is 1. The first-order valence-corrected chi connectivity index (χ1v) is 11.7. The van der Waals surface area contributed by atoms with Gasteiger partial charge >= 0.3 is 11.9 Å². The van der Waals surface area contributed by atoms with Gasteiger partial charge in [-0.25, -0.2) is 18.7 Å². The van der Waals surface area contributed by atoms with Crippen LogP contribution < -0.4 is 10.1 Å². The normalized spacial score (nSPS) is 13.9. The topological polar surface area (TPSA) is 91.7 Å². The van der Waals surface area contributed by atoms with E-state index in [0.29, 0.717) is 34.8 Å². The molecular weight excluding hydrogens is 477 g/mol. The molecule has 8 nitrogen and oxygen atoms in total. The Hall–Kier alpha value is -4.40. The maximum Gasteiger partial charge on any atom is 0.336 e. The predicted molar refractivity (Wildman–Crippen MR) is 135 cm³/mol. The molecule has 1 N–H and O–H groups in total. The molecule has 2 heterocycles. The van der Waals surface area contributed by atoms with Gasteiger partial charge in [0.2, 0.25) is 0 Å². The van der Waals surface area contributed by atoms with Gasteiger partial charge < -0.3 is 19.5 Å². The Balaban J connectivity index is 2.02. The Morgan fingerprint density at radius 1 is 1.00 bits per heavy atom. The van der Waals surface area contributed by atoms with Crippen LogP contribution in [0.15, 0.2) is 77.3 Å². The number of halogens is 1. The molecule has 9 heteroatoms. The lowest BCUT2D eigenvalue weighted by atomic mass is 9.79. The summed E-state index contributed by atoms with van der Waals surface area (Å²) in [5, 5.41) is 7.86. The highest BCUT2D eigenvalue weighted by Crippen LogP contribution is 2.43. The summed E-state index contributed by atoms with van der Waals surface area (Å²) >= 11 is 0. The van der Waals surface area contributed by atoms with E-state index in [0.717, 1.165) is 5.69 Å². The summed E-state index contributed by atoms with van der Waals surface area (Å²) in [4.78, 5) is 26.0. The van der Waals surface area contributed by atoms with Crippen molar-refractivity contribution in [2.45, 2.75) is 26.7 Å². The summed E-state index contributed by atoms with van der Waals surface area (Å²) in [5.41, 5.74) is 3.61. The summed E-state index contributed by atoms with van der Waals surface area (Å²) < 4.78 is 32.1. The van der Waals surface area contributed by atoms with Crippen LogP contribution in [0.3, 0.4) is 0 Å². The first-order chi connectivity index (χ1) is 17.8. The van der Waals surface area contributed by atoms with Crippen LogP contribution in [0.1, 0.15) is 32.3 Å². The Labute approximate surface area is 214 Å². The lowest BCUT2D eigenvalue weighted by Gasteiger charge is -2.29. The number of hydrogen-bond donors (Lipinski definition) is 1. The number of benzene rings is 2. The minimum Gasteiger partial charge on any atom is -0.491 e. The number of dihydropyridines is 1. The number of nitrogens with zero attached hydrogens (tertiary/aromatic N) is 2. The summed E-state index contributed by atoms with van der Waals surface area (Å²) in [6.45, 7) is 5.55. The third-order valence-electron chi connectivity index (χ3n) is 6.15. The van der Waals surface area contributed by atoms with Crippen molar-refractivity contribution in [3.05, 3.63) is 88.6 Å². The zero-order valence-electron chi connectivity index (χ0n) is 21.3. The first-order valence-electron chi connectivity index (χ1n) is 11.7. The Morgan fingerprint density at radius 2 is 1.62 bits per heavy atom. The van der Waals surface area contributed by atoms with E-state index in [1.54, 1.807) is 37.7 Å². The lowest BCUT2D eigenvalue weighted by molar-refractivity contribution is -0.137. The van der Waals surface area contributed by atoms with Crippen molar-refractivity contribution in [2.75, 3.05) is 20.8 Å². The monoisotopic (exact) mass is 505 g/mol. The van der Waals surface area contributed by atoms with Crippen LogP contribution in [-0.4, -0.2) is 42.5 Å². The number of aromatic nitrogens is 2. The zero-order valence-corrected chi connectivity index (χ0v) is 21.3. The summed E-state index contributed by atoms with van der Waals surface area (Å²) in [6.07, 6.45) is 1.74. The van der Waals surface area contributed by atoms with Crippen LogP contribution in [0.2, 0.25) is 0 Å².